The average Bonchev–Trinajstić information content (AvgIpc) is 3.09. The first-order valence-electron chi connectivity index (χ1n) is 11.8. The van der Waals surface area contributed by atoms with Crippen LogP contribution in [0.2, 0.25) is 0 Å². The Bertz CT molecular complexity index is 1220. The maximum Gasteiger partial charge on any atom is 0.251 e. The van der Waals surface area contributed by atoms with Crippen LogP contribution in [0.3, 0.4) is 0 Å². The van der Waals surface area contributed by atoms with Crippen molar-refractivity contribution < 1.29 is 17.6 Å². The number of nitrogens with zero attached hydrogens (tertiary/aromatic N) is 3. The molecule has 0 radical (unpaired) electrons. The zero-order valence-electron chi connectivity index (χ0n) is 19.3. The van der Waals surface area contributed by atoms with Gasteiger partial charge in [0.25, 0.3) is 6.43 Å². The zero-order valence-corrected chi connectivity index (χ0v) is 19.3. The van der Waals surface area contributed by atoms with Gasteiger partial charge in [-0.25, -0.2) is 17.6 Å². The van der Waals surface area contributed by atoms with Gasteiger partial charge in [0.05, 0.1) is 12.6 Å². The SMILES string of the molecule is C[C@@H]1Cc2c([nH]c3ccccc23)[C@@H](c2c(F)cc(N3CC4(CN(C)C4)C3)cc2F)N1CC(F)F. The van der Waals surface area contributed by atoms with Crippen LogP contribution in [0.15, 0.2) is 36.4 Å². The molecule has 3 aliphatic heterocycles. The number of para-hydroxylation sites is 1. The molecule has 1 N–H and O–H groups in total. The van der Waals surface area contributed by atoms with E-state index in [2.05, 4.69) is 16.9 Å². The summed E-state index contributed by atoms with van der Waals surface area (Å²) < 4.78 is 58.5. The monoisotopic (exact) mass is 472 g/mol. The van der Waals surface area contributed by atoms with Gasteiger partial charge in [-0.3, -0.25) is 4.90 Å². The number of anilines is 1. The van der Waals surface area contributed by atoms with Crippen LogP contribution in [-0.4, -0.2) is 67.0 Å². The number of aromatic amines is 1. The molecule has 34 heavy (non-hydrogen) atoms. The second-order valence-electron chi connectivity index (χ2n) is 10.5. The van der Waals surface area contributed by atoms with Gasteiger partial charge < -0.3 is 14.8 Å². The zero-order chi connectivity index (χ0) is 23.8. The molecular weight excluding hydrogens is 444 g/mol. The summed E-state index contributed by atoms with van der Waals surface area (Å²) in [6.45, 7) is 4.85. The van der Waals surface area contributed by atoms with E-state index in [1.165, 1.54) is 17.0 Å². The smallest absolute Gasteiger partial charge is 0.251 e. The third-order valence-electron chi connectivity index (χ3n) is 7.83. The number of hydrogen-bond acceptors (Lipinski definition) is 3. The largest absolute Gasteiger partial charge is 0.370 e. The Labute approximate surface area is 196 Å². The molecule has 2 aromatic carbocycles. The lowest BCUT2D eigenvalue weighted by atomic mass is 9.73. The molecule has 180 valence electrons. The molecule has 2 fully saturated rings. The van der Waals surface area contributed by atoms with Gasteiger partial charge >= 0.3 is 0 Å². The van der Waals surface area contributed by atoms with Gasteiger partial charge in [-0.05, 0) is 44.2 Å². The van der Waals surface area contributed by atoms with Gasteiger partial charge in [0, 0.05) is 65.5 Å². The van der Waals surface area contributed by atoms with Crippen LogP contribution in [0.5, 0.6) is 0 Å². The second kappa shape index (κ2) is 7.71. The number of aromatic nitrogens is 1. The summed E-state index contributed by atoms with van der Waals surface area (Å²) in [7, 11) is 2.07. The lowest BCUT2D eigenvalue weighted by Crippen LogP contribution is -2.71. The summed E-state index contributed by atoms with van der Waals surface area (Å²) in [5.41, 5.74) is 2.97. The predicted octanol–water partition coefficient (Wildman–Crippen LogP) is 4.80. The van der Waals surface area contributed by atoms with Crippen molar-refractivity contribution in [2.45, 2.75) is 31.9 Å². The fraction of sp³-hybridized carbons (Fsp3) is 0.462. The van der Waals surface area contributed by atoms with Gasteiger partial charge in [0.2, 0.25) is 0 Å². The van der Waals surface area contributed by atoms with Gasteiger partial charge in [0.15, 0.2) is 0 Å². The molecule has 1 spiro atoms. The summed E-state index contributed by atoms with van der Waals surface area (Å²) in [5, 5.41) is 0.972. The summed E-state index contributed by atoms with van der Waals surface area (Å²) in [4.78, 5) is 9.07. The summed E-state index contributed by atoms with van der Waals surface area (Å²) in [6.07, 6.45) is -2.08. The Morgan fingerprint density at radius 1 is 1.06 bits per heavy atom. The molecule has 2 atom stereocenters. The van der Waals surface area contributed by atoms with Crippen molar-refractivity contribution in [3.8, 4) is 0 Å². The summed E-state index contributed by atoms with van der Waals surface area (Å²) >= 11 is 0. The Hall–Kier alpha value is -2.58. The van der Waals surface area contributed by atoms with Crippen LogP contribution >= 0.6 is 0 Å². The third kappa shape index (κ3) is 3.33. The molecular formula is C26H28F4N4. The van der Waals surface area contributed by atoms with Crippen LogP contribution in [0, 0.1) is 17.0 Å². The number of benzene rings is 2. The molecule has 1 aromatic heterocycles. The molecule has 0 saturated carbocycles. The van der Waals surface area contributed by atoms with Gasteiger partial charge in [-0.15, -0.1) is 0 Å². The summed E-state index contributed by atoms with van der Waals surface area (Å²) in [5.74, 6) is -1.38. The van der Waals surface area contributed by atoms with Crippen LogP contribution in [-0.2, 0) is 6.42 Å². The molecule has 6 rings (SSSR count). The quantitative estimate of drug-likeness (QED) is 0.553. The predicted molar refractivity (Wildman–Crippen MR) is 125 cm³/mol. The molecule has 0 amide bonds. The number of halogens is 4. The van der Waals surface area contributed by atoms with Crippen molar-refractivity contribution >= 4 is 16.6 Å². The first-order valence-corrected chi connectivity index (χ1v) is 11.8. The minimum Gasteiger partial charge on any atom is -0.370 e. The van der Waals surface area contributed by atoms with Crippen molar-refractivity contribution in [1.29, 1.82) is 0 Å². The number of nitrogens with one attached hydrogen (secondary N) is 1. The lowest BCUT2D eigenvalue weighted by Gasteiger charge is -2.60. The molecule has 0 unspecified atom stereocenters. The molecule has 0 aliphatic carbocycles. The minimum atomic E-state index is -2.61. The summed E-state index contributed by atoms with van der Waals surface area (Å²) in [6, 6.07) is 9.16. The van der Waals surface area contributed by atoms with Crippen molar-refractivity contribution in [3.63, 3.8) is 0 Å². The van der Waals surface area contributed by atoms with Gasteiger partial charge in [-0.1, -0.05) is 18.2 Å². The van der Waals surface area contributed by atoms with E-state index in [1.807, 2.05) is 36.1 Å². The fourth-order valence-electron chi connectivity index (χ4n) is 6.52. The first kappa shape index (κ1) is 21.9. The van der Waals surface area contributed by atoms with E-state index in [0.717, 1.165) is 42.6 Å². The van der Waals surface area contributed by atoms with E-state index in [1.54, 1.807) is 0 Å². The van der Waals surface area contributed by atoms with E-state index in [-0.39, 0.29) is 17.0 Å². The average molecular weight is 473 g/mol. The van der Waals surface area contributed by atoms with E-state index in [0.29, 0.717) is 17.8 Å². The Morgan fingerprint density at radius 3 is 2.38 bits per heavy atom. The third-order valence-corrected chi connectivity index (χ3v) is 7.83. The van der Waals surface area contributed by atoms with Crippen molar-refractivity contribution in [2.75, 3.05) is 44.7 Å². The number of rotatable bonds is 4. The highest BCUT2D eigenvalue weighted by Crippen LogP contribution is 2.45. The number of likely N-dealkylation sites (tertiary alicyclic amines) is 1. The first-order chi connectivity index (χ1) is 16.2. The number of alkyl halides is 2. The van der Waals surface area contributed by atoms with Crippen molar-refractivity contribution in [3.05, 3.63) is 64.9 Å². The molecule has 0 bridgehead atoms. The number of H-pyrrole nitrogens is 1. The molecule has 2 saturated heterocycles. The van der Waals surface area contributed by atoms with Crippen LogP contribution < -0.4 is 4.90 Å². The topological polar surface area (TPSA) is 25.5 Å². The van der Waals surface area contributed by atoms with Crippen LogP contribution in [0.1, 0.15) is 29.8 Å². The van der Waals surface area contributed by atoms with Crippen LogP contribution in [0.25, 0.3) is 10.9 Å². The maximum absolute atomic E-state index is 15.7. The van der Waals surface area contributed by atoms with Gasteiger partial charge in [-0.2, -0.15) is 0 Å². The van der Waals surface area contributed by atoms with Crippen molar-refractivity contribution in [1.82, 2.24) is 14.8 Å². The van der Waals surface area contributed by atoms with Crippen molar-refractivity contribution in [2.24, 2.45) is 5.41 Å². The molecule has 4 nitrogen and oxygen atoms in total. The van der Waals surface area contributed by atoms with E-state index < -0.39 is 30.6 Å². The molecule has 3 aliphatic rings. The Kier molecular flexibility index (Phi) is 4.97. The minimum absolute atomic E-state index is 0.164. The standard InChI is InChI=1S/C26H28F4N4/c1-15-7-18-17-5-3-4-6-21(17)31-24(18)25(34(15)10-22(29)30)23-19(27)8-16(9-20(23)28)33-13-26(14-33)11-32(2)12-26/h3-6,8-9,15,22,25,31H,7,10-14H2,1-2H3/t15-,25-/m1/s1. The molecule has 8 heteroatoms. The van der Waals surface area contributed by atoms with E-state index in [9.17, 15) is 8.78 Å². The number of hydrogen-bond donors (Lipinski definition) is 1. The molecule has 4 heterocycles. The normalized spacial score (nSPS) is 24.5. The highest BCUT2D eigenvalue weighted by Gasteiger charge is 2.50. The lowest BCUT2D eigenvalue weighted by molar-refractivity contribution is -0.00245. The molecule has 3 aromatic rings. The maximum atomic E-state index is 15.7. The van der Waals surface area contributed by atoms with Gasteiger partial charge in [0.1, 0.15) is 11.6 Å². The van der Waals surface area contributed by atoms with Crippen LogP contribution in [0.4, 0.5) is 23.2 Å². The highest BCUT2D eigenvalue weighted by atomic mass is 19.3. The Balaban J connectivity index is 1.41. The fourth-order valence-corrected chi connectivity index (χ4v) is 6.52. The second-order valence-corrected chi connectivity index (χ2v) is 10.5. The highest BCUT2D eigenvalue weighted by molar-refractivity contribution is 5.85. The van der Waals surface area contributed by atoms with E-state index in [4.69, 9.17) is 0 Å². The number of fused-ring (bicyclic) bond motifs is 3. The van der Waals surface area contributed by atoms with E-state index >= 15 is 8.78 Å². The Morgan fingerprint density at radius 2 is 1.74 bits per heavy atom.